The Morgan fingerprint density at radius 1 is 1.00 bits per heavy atom. The summed E-state index contributed by atoms with van der Waals surface area (Å²) in [5.74, 6) is -0.519. The lowest BCUT2D eigenvalue weighted by atomic mass is 9.89. The zero-order valence-electron chi connectivity index (χ0n) is 10.1. The van der Waals surface area contributed by atoms with Crippen LogP contribution in [-0.2, 0) is 14.2 Å². The topological polar surface area (TPSA) is 27.7 Å². The molecule has 0 unspecified atom stereocenters. The molecule has 1 heterocycles. The van der Waals surface area contributed by atoms with Gasteiger partial charge in [-0.25, -0.2) is 0 Å². The molecule has 0 bridgehead atoms. The van der Waals surface area contributed by atoms with Crippen molar-refractivity contribution in [2.45, 2.75) is 58.5 Å². The molecule has 1 atom stereocenters. The van der Waals surface area contributed by atoms with Crippen LogP contribution in [0.25, 0.3) is 0 Å². The first-order chi connectivity index (χ1) is 6.22. The maximum absolute atomic E-state index is 5.91. The summed E-state index contributed by atoms with van der Waals surface area (Å²) in [4.78, 5) is 0. The summed E-state index contributed by atoms with van der Waals surface area (Å²) in [6.07, 6.45) is 0. The molecule has 0 saturated carbocycles. The number of hydrogen-bond donors (Lipinski definition) is 0. The van der Waals surface area contributed by atoms with Crippen LogP contribution in [0.4, 0.5) is 0 Å². The predicted octanol–water partition coefficient (Wildman–Crippen LogP) is 2.34. The van der Waals surface area contributed by atoms with E-state index >= 15 is 0 Å². The van der Waals surface area contributed by atoms with Crippen molar-refractivity contribution >= 4 is 0 Å². The van der Waals surface area contributed by atoms with Crippen LogP contribution < -0.4 is 0 Å². The standard InChI is InChI=1S/C11H22O3/c1-7-12-8-11(6)9(2,3)13-10(4,5)14-11/h7-8H2,1-6H3/t11-/m0/s1. The molecule has 84 valence electrons. The van der Waals surface area contributed by atoms with Gasteiger partial charge < -0.3 is 14.2 Å². The van der Waals surface area contributed by atoms with E-state index in [1.165, 1.54) is 0 Å². The van der Waals surface area contributed by atoms with Crippen molar-refractivity contribution in [1.82, 2.24) is 0 Å². The van der Waals surface area contributed by atoms with Crippen molar-refractivity contribution in [3.63, 3.8) is 0 Å². The number of ether oxygens (including phenoxy) is 3. The Morgan fingerprint density at radius 3 is 1.93 bits per heavy atom. The van der Waals surface area contributed by atoms with E-state index in [4.69, 9.17) is 14.2 Å². The second-order valence-corrected chi connectivity index (χ2v) is 4.98. The molecule has 1 fully saturated rings. The third-order valence-corrected chi connectivity index (χ3v) is 2.83. The van der Waals surface area contributed by atoms with Crippen LogP contribution in [-0.4, -0.2) is 30.2 Å². The highest BCUT2D eigenvalue weighted by atomic mass is 16.8. The molecule has 3 heteroatoms. The van der Waals surface area contributed by atoms with Gasteiger partial charge in [-0.3, -0.25) is 0 Å². The molecule has 0 N–H and O–H groups in total. The number of rotatable bonds is 3. The van der Waals surface area contributed by atoms with Gasteiger partial charge in [0.2, 0.25) is 0 Å². The zero-order chi connectivity index (χ0) is 11.0. The van der Waals surface area contributed by atoms with E-state index in [1.54, 1.807) is 0 Å². The largest absolute Gasteiger partial charge is 0.379 e. The molecule has 3 nitrogen and oxygen atoms in total. The average molecular weight is 202 g/mol. The minimum Gasteiger partial charge on any atom is -0.379 e. The average Bonchev–Trinajstić information content (AvgIpc) is 2.12. The molecule has 1 aliphatic rings. The molecule has 0 aromatic rings. The van der Waals surface area contributed by atoms with Crippen molar-refractivity contribution in [2.24, 2.45) is 0 Å². The van der Waals surface area contributed by atoms with Crippen molar-refractivity contribution in [3.8, 4) is 0 Å². The first kappa shape index (κ1) is 12.0. The second-order valence-electron chi connectivity index (χ2n) is 4.98. The molecule has 0 spiro atoms. The molecular weight excluding hydrogens is 180 g/mol. The van der Waals surface area contributed by atoms with E-state index in [0.29, 0.717) is 13.2 Å². The highest BCUT2D eigenvalue weighted by Gasteiger charge is 2.55. The lowest BCUT2D eigenvalue weighted by Gasteiger charge is -2.34. The normalized spacial score (nSPS) is 34.7. The lowest BCUT2D eigenvalue weighted by molar-refractivity contribution is -0.171. The minimum absolute atomic E-state index is 0.314. The molecule has 0 aliphatic carbocycles. The van der Waals surface area contributed by atoms with E-state index in [1.807, 2.05) is 41.5 Å². The third-order valence-electron chi connectivity index (χ3n) is 2.83. The van der Waals surface area contributed by atoms with E-state index in [0.717, 1.165) is 0 Å². The maximum Gasteiger partial charge on any atom is 0.164 e. The lowest BCUT2D eigenvalue weighted by Crippen LogP contribution is -2.48. The molecule has 0 amide bonds. The summed E-state index contributed by atoms with van der Waals surface area (Å²) < 4.78 is 17.2. The van der Waals surface area contributed by atoms with Crippen LogP contribution in [0.5, 0.6) is 0 Å². The molecule has 0 aromatic heterocycles. The summed E-state index contributed by atoms with van der Waals surface area (Å²) in [6.45, 7) is 13.3. The highest BCUT2D eigenvalue weighted by Crippen LogP contribution is 2.43. The predicted molar refractivity (Wildman–Crippen MR) is 55.2 cm³/mol. The summed E-state index contributed by atoms with van der Waals surface area (Å²) in [7, 11) is 0. The quantitative estimate of drug-likeness (QED) is 0.703. The van der Waals surface area contributed by atoms with Crippen LogP contribution in [0.2, 0.25) is 0 Å². The van der Waals surface area contributed by atoms with Gasteiger partial charge in [0, 0.05) is 6.61 Å². The van der Waals surface area contributed by atoms with Crippen LogP contribution >= 0.6 is 0 Å². The zero-order valence-corrected chi connectivity index (χ0v) is 10.1. The summed E-state index contributed by atoms with van der Waals surface area (Å²) in [5, 5.41) is 0. The Balaban J connectivity index is 2.77. The van der Waals surface area contributed by atoms with Crippen molar-refractivity contribution in [2.75, 3.05) is 13.2 Å². The highest BCUT2D eigenvalue weighted by molar-refractivity contribution is 5.00. The van der Waals surface area contributed by atoms with Gasteiger partial charge in [-0.1, -0.05) is 0 Å². The van der Waals surface area contributed by atoms with Gasteiger partial charge >= 0.3 is 0 Å². The monoisotopic (exact) mass is 202 g/mol. The molecule has 1 aliphatic heterocycles. The Labute approximate surface area is 86.7 Å². The number of hydrogen-bond acceptors (Lipinski definition) is 3. The van der Waals surface area contributed by atoms with Crippen molar-refractivity contribution < 1.29 is 14.2 Å². The molecule has 1 rings (SSSR count). The fourth-order valence-corrected chi connectivity index (χ4v) is 1.91. The molecular formula is C11H22O3. The summed E-state index contributed by atoms with van der Waals surface area (Å²) in [5.41, 5.74) is -0.682. The molecule has 0 radical (unpaired) electrons. The Morgan fingerprint density at radius 2 is 1.57 bits per heavy atom. The van der Waals surface area contributed by atoms with Crippen molar-refractivity contribution in [3.05, 3.63) is 0 Å². The summed E-state index contributed by atoms with van der Waals surface area (Å²) in [6, 6.07) is 0. The van der Waals surface area contributed by atoms with E-state index in [2.05, 4.69) is 0 Å². The van der Waals surface area contributed by atoms with Gasteiger partial charge in [0.15, 0.2) is 5.79 Å². The van der Waals surface area contributed by atoms with Gasteiger partial charge in [0.05, 0.1) is 12.2 Å². The van der Waals surface area contributed by atoms with Crippen LogP contribution in [0, 0.1) is 0 Å². The summed E-state index contributed by atoms with van der Waals surface area (Å²) >= 11 is 0. The Kier molecular flexibility index (Phi) is 2.96. The second kappa shape index (κ2) is 3.47. The van der Waals surface area contributed by atoms with E-state index < -0.39 is 5.79 Å². The maximum atomic E-state index is 5.91. The fourth-order valence-electron chi connectivity index (χ4n) is 1.91. The van der Waals surface area contributed by atoms with Gasteiger partial charge in [-0.05, 0) is 41.5 Å². The smallest absolute Gasteiger partial charge is 0.164 e. The van der Waals surface area contributed by atoms with Crippen LogP contribution in [0.15, 0.2) is 0 Å². The van der Waals surface area contributed by atoms with Gasteiger partial charge in [0.25, 0.3) is 0 Å². The first-order valence-corrected chi connectivity index (χ1v) is 5.20. The van der Waals surface area contributed by atoms with Crippen LogP contribution in [0.3, 0.4) is 0 Å². The van der Waals surface area contributed by atoms with Crippen molar-refractivity contribution in [1.29, 1.82) is 0 Å². The molecule has 0 aromatic carbocycles. The van der Waals surface area contributed by atoms with E-state index in [9.17, 15) is 0 Å². The third kappa shape index (κ3) is 2.10. The van der Waals surface area contributed by atoms with Crippen LogP contribution in [0.1, 0.15) is 41.5 Å². The van der Waals surface area contributed by atoms with Gasteiger partial charge in [0.1, 0.15) is 5.60 Å². The molecule has 1 saturated heterocycles. The Bertz CT molecular complexity index is 211. The van der Waals surface area contributed by atoms with Gasteiger partial charge in [-0.15, -0.1) is 0 Å². The fraction of sp³-hybridized carbons (Fsp3) is 1.00. The first-order valence-electron chi connectivity index (χ1n) is 5.20. The Hall–Kier alpha value is -0.120. The van der Waals surface area contributed by atoms with E-state index in [-0.39, 0.29) is 11.2 Å². The van der Waals surface area contributed by atoms with Gasteiger partial charge in [-0.2, -0.15) is 0 Å². The minimum atomic E-state index is -0.519. The SMILES string of the molecule is CCOC[C@]1(C)OC(C)(C)OC1(C)C. The molecule has 14 heavy (non-hydrogen) atoms.